The average Bonchev–Trinajstić information content (AvgIpc) is 3.16. The number of nitriles is 1. The monoisotopic (exact) mass is 518 g/mol. The first kappa shape index (κ1) is 25.1. The fourth-order valence-electron chi connectivity index (χ4n) is 3.61. The number of sulfonamides is 1. The van der Waals surface area contributed by atoms with Crippen LogP contribution in [0.3, 0.4) is 0 Å². The number of anilines is 1. The average molecular weight is 518 g/mol. The van der Waals surface area contributed by atoms with Gasteiger partial charge in [0.15, 0.2) is 5.25 Å². The minimum absolute atomic E-state index is 0.0746. The third-order valence-electron chi connectivity index (χ3n) is 5.57. The van der Waals surface area contributed by atoms with Gasteiger partial charge in [-0.25, -0.2) is 22.8 Å². The Morgan fingerprint density at radius 1 is 1.17 bits per heavy atom. The maximum atomic E-state index is 14.6. The first-order valence-electron chi connectivity index (χ1n) is 10.6. The number of hydrogen-bond donors (Lipinski definition) is 1. The van der Waals surface area contributed by atoms with Crippen molar-refractivity contribution in [3.05, 3.63) is 65.9 Å². The lowest BCUT2D eigenvalue weighted by atomic mass is 10.1. The van der Waals surface area contributed by atoms with E-state index >= 15 is 0 Å². The minimum Gasteiger partial charge on any atom is -0.281 e. The van der Waals surface area contributed by atoms with E-state index in [2.05, 4.69) is 21.0 Å². The molecule has 0 bridgehead atoms. The number of nitrogens with one attached hydrogen (secondary N) is 1. The second-order valence-electron chi connectivity index (χ2n) is 7.80. The summed E-state index contributed by atoms with van der Waals surface area (Å²) in [4.78, 5) is 12.7. The number of alkyl halides is 3. The van der Waals surface area contributed by atoms with Crippen molar-refractivity contribution < 1.29 is 26.0 Å². The zero-order valence-corrected chi connectivity index (χ0v) is 19.7. The zero-order valence-electron chi connectivity index (χ0n) is 18.9. The first-order chi connectivity index (χ1) is 17.0. The van der Waals surface area contributed by atoms with E-state index in [4.69, 9.17) is 0 Å². The highest BCUT2D eigenvalue weighted by Gasteiger charge is 2.45. The highest BCUT2D eigenvalue weighted by Crippen LogP contribution is 2.36. The molecule has 0 radical (unpaired) electrons. The van der Waals surface area contributed by atoms with Gasteiger partial charge in [0.25, 0.3) is 0 Å². The summed E-state index contributed by atoms with van der Waals surface area (Å²) in [6, 6.07) is 9.04. The number of pyridine rings is 1. The van der Waals surface area contributed by atoms with Gasteiger partial charge in [-0.3, -0.25) is 14.3 Å². The molecule has 0 saturated carbocycles. The van der Waals surface area contributed by atoms with Crippen molar-refractivity contribution in [1.82, 2.24) is 19.5 Å². The number of benzene rings is 1. The Bertz CT molecular complexity index is 1580. The van der Waals surface area contributed by atoms with Gasteiger partial charge in [0.2, 0.25) is 16.0 Å². The lowest BCUT2D eigenvalue weighted by Crippen LogP contribution is -2.37. The Morgan fingerprint density at radius 3 is 2.42 bits per heavy atom. The molecule has 8 nitrogen and oxygen atoms in total. The van der Waals surface area contributed by atoms with Crippen molar-refractivity contribution in [2.75, 3.05) is 4.72 Å². The van der Waals surface area contributed by atoms with Crippen molar-refractivity contribution in [3.8, 4) is 23.4 Å². The van der Waals surface area contributed by atoms with Gasteiger partial charge < -0.3 is 0 Å². The maximum absolute atomic E-state index is 14.6. The van der Waals surface area contributed by atoms with Gasteiger partial charge in [0.05, 0.1) is 34.4 Å². The summed E-state index contributed by atoms with van der Waals surface area (Å²) in [5.74, 6) is -0.311. The molecule has 3 aromatic heterocycles. The highest BCUT2D eigenvalue weighted by atomic mass is 32.2. The van der Waals surface area contributed by atoms with Crippen LogP contribution in [-0.2, 0) is 16.4 Å². The number of aromatic nitrogens is 4. The van der Waals surface area contributed by atoms with Crippen LogP contribution in [0.2, 0.25) is 0 Å². The number of nitrogens with zero attached hydrogens (tertiary/aromatic N) is 5. The third-order valence-corrected chi connectivity index (χ3v) is 7.29. The van der Waals surface area contributed by atoms with Crippen molar-refractivity contribution in [1.29, 1.82) is 5.26 Å². The van der Waals surface area contributed by atoms with Gasteiger partial charge in [-0.1, -0.05) is 6.92 Å². The van der Waals surface area contributed by atoms with Crippen molar-refractivity contribution in [2.24, 2.45) is 0 Å². The van der Waals surface area contributed by atoms with Crippen LogP contribution in [0.4, 0.5) is 23.2 Å². The molecule has 0 aliphatic carbocycles. The number of fused-ring (bicyclic) bond motifs is 1. The van der Waals surface area contributed by atoms with Crippen LogP contribution in [0.15, 0.2) is 48.9 Å². The molecule has 0 aliphatic rings. The van der Waals surface area contributed by atoms with Crippen LogP contribution in [0.5, 0.6) is 0 Å². The molecule has 186 valence electrons. The standard InChI is InChI=1S/C23H18F4N6O2S/c1-3-14-9-20-16(10-18(14)24)17(11-28)21(33(20)22-29-7-4-8-30-22)19-6-5-15(12-31-19)32-36(34,35)13(2)23(25,26)27/h4-10,12-13,32H,3H2,1-2H3/t13-/m0/s1. The van der Waals surface area contributed by atoms with E-state index in [1.807, 2.05) is 4.72 Å². The fourth-order valence-corrected chi connectivity index (χ4v) is 4.59. The summed E-state index contributed by atoms with van der Waals surface area (Å²) in [5.41, 5.74) is 1.11. The van der Waals surface area contributed by atoms with Crippen molar-refractivity contribution in [3.63, 3.8) is 0 Å². The van der Waals surface area contributed by atoms with Gasteiger partial charge in [-0.05, 0) is 49.2 Å². The van der Waals surface area contributed by atoms with Crippen molar-refractivity contribution in [2.45, 2.75) is 31.7 Å². The molecule has 36 heavy (non-hydrogen) atoms. The highest BCUT2D eigenvalue weighted by molar-refractivity contribution is 7.93. The molecule has 0 saturated heterocycles. The van der Waals surface area contributed by atoms with Gasteiger partial charge in [0, 0.05) is 17.8 Å². The van der Waals surface area contributed by atoms with Crippen LogP contribution in [0.25, 0.3) is 28.2 Å². The summed E-state index contributed by atoms with van der Waals surface area (Å²) in [6.07, 6.45) is -0.556. The molecule has 0 fully saturated rings. The molecule has 1 aromatic carbocycles. The van der Waals surface area contributed by atoms with E-state index < -0.39 is 27.3 Å². The van der Waals surface area contributed by atoms with Crippen LogP contribution in [0.1, 0.15) is 25.0 Å². The van der Waals surface area contributed by atoms with Crippen LogP contribution >= 0.6 is 0 Å². The number of hydrogen-bond acceptors (Lipinski definition) is 6. The Labute approximate surface area is 203 Å². The quantitative estimate of drug-likeness (QED) is 0.369. The molecule has 0 unspecified atom stereocenters. The SMILES string of the molecule is CCc1cc2c(cc1F)c(C#N)c(-c1ccc(NS(=O)(=O)[C@@H](C)C(F)(F)F)cn1)n2-c1ncccn1. The van der Waals surface area contributed by atoms with Crippen LogP contribution in [-0.4, -0.2) is 39.4 Å². The summed E-state index contributed by atoms with van der Waals surface area (Å²) in [6.45, 7) is 2.31. The van der Waals surface area contributed by atoms with Crippen LogP contribution in [0, 0.1) is 17.1 Å². The predicted octanol–water partition coefficient (Wildman–Crippen LogP) is 4.75. The van der Waals surface area contributed by atoms with E-state index in [1.54, 1.807) is 19.1 Å². The number of rotatable bonds is 6. The summed E-state index contributed by atoms with van der Waals surface area (Å²) >= 11 is 0. The second kappa shape index (κ2) is 9.19. The van der Waals surface area contributed by atoms with Gasteiger partial charge >= 0.3 is 6.18 Å². The summed E-state index contributed by atoms with van der Waals surface area (Å²) in [5, 5.41) is 7.60. The van der Waals surface area contributed by atoms with Gasteiger partial charge in [0.1, 0.15) is 11.9 Å². The summed E-state index contributed by atoms with van der Waals surface area (Å²) in [7, 11) is -4.78. The molecule has 0 amide bonds. The molecular weight excluding hydrogens is 500 g/mol. The Kier molecular flexibility index (Phi) is 6.40. The number of halogens is 4. The predicted molar refractivity (Wildman–Crippen MR) is 124 cm³/mol. The second-order valence-corrected chi connectivity index (χ2v) is 9.80. The normalized spacial score (nSPS) is 12.9. The lowest BCUT2D eigenvalue weighted by Gasteiger charge is -2.17. The molecule has 1 atom stereocenters. The van der Waals surface area contributed by atoms with Crippen molar-refractivity contribution >= 4 is 26.6 Å². The van der Waals surface area contributed by atoms with E-state index in [9.17, 15) is 31.2 Å². The van der Waals surface area contributed by atoms with Gasteiger partial charge in [-0.2, -0.15) is 18.4 Å². The smallest absolute Gasteiger partial charge is 0.281 e. The molecule has 4 aromatic rings. The number of aryl methyl sites for hydroxylation is 1. The molecule has 3 heterocycles. The third kappa shape index (κ3) is 4.47. The molecular formula is C23H18F4N6O2S. The minimum atomic E-state index is -4.95. The molecule has 0 spiro atoms. The molecule has 1 N–H and O–H groups in total. The molecule has 4 rings (SSSR count). The first-order valence-corrected chi connectivity index (χ1v) is 12.1. The van der Waals surface area contributed by atoms with E-state index in [-0.39, 0.29) is 28.6 Å². The lowest BCUT2D eigenvalue weighted by molar-refractivity contribution is -0.126. The molecule has 0 aliphatic heterocycles. The maximum Gasteiger partial charge on any atom is 0.407 e. The fraction of sp³-hybridized carbons (Fsp3) is 0.217. The summed E-state index contributed by atoms with van der Waals surface area (Å²) < 4.78 is 80.9. The Balaban J connectivity index is 1.88. The van der Waals surface area contributed by atoms with E-state index in [0.717, 1.165) is 6.20 Å². The van der Waals surface area contributed by atoms with E-state index in [0.29, 0.717) is 29.8 Å². The Hall–Kier alpha value is -4.05. The Morgan fingerprint density at radius 2 is 1.86 bits per heavy atom. The topological polar surface area (TPSA) is 114 Å². The van der Waals surface area contributed by atoms with Gasteiger partial charge in [-0.15, -0.1) is 0 Å². The van der Waals surface area contributed by atoms with E-state index in [1.165, 1.54) is 35.2 Å². The van der Waals surface area contributed by atoms with Crippen LogP contribution < -0.4 is 4.72 Å². The zero-order chi connectivity index (χ0) is 26.3. The molecule has 13 heteroatoms. The largest absolute Gasteiger partial charge is 0.407 e.